The van der Waals surface area contributed by atoms with Crippen LogP contribution in [-0.4, -0.2) is 74.2 Å². The first-order valence-corrected chi connectivity index (χ1v) is 10.3. The molecule has 1 aliphatic heterocycles. The van der Waals surface area contributed by atoms with Crippen molar-refractivity contribution >= 4 is 11.8 Å². The first kappa shape index (κ1) is 22.0. The summed E-state index contributed by atoms with van der Waals surface area (Å²) < 4.78 is 11.1. The van der Waals surface area contributed by atoms with Crippen molar-refractivity contribution in [3.05, 3.63) is 70.8 Å². The third-order valence-corrected chi connectivity index (χ3v) is 5.30. The fourth-order valence-corrected chi connectivity index (χ4v) is 3.49. The van der Waals surface area contributed by atoms with Crippen LogP contribution in [-0.2, 0) is 9.47 Å². The number of aryl methyl sites for hydroxylation is 2. The van der Waals surface area contributed by atoms with Crippen molar-refractivity contribution in [1.29, 1.82) is 0 Å². The van der Waals surface area contributed by atoms with Gasteiger partial charge in [-0.2, -0.15) is 0 Å². The number of carbonyl (C=O) groups excluding carboxylic acids is 2. The lowest BCUT2D eigenvalue weighted by atomic mass is 10.1. The monoisotopic (exact) mass is 410 g/mol. The summed E-state index contributed by atoms with van der Waals surface area (Å²) in [6.45, 7) is 6.77. The maximum atomic E-state index is 13.0. The zero-order valence-electron chi connectivity index (χ0n) is 18.0. The van der Waals surface area contributed by atoms with Gasteiger partial charge in [0.2, 0.25) is 0 Å². The van der Waals surface area contributed by atoms with Crippen molar-refractivity contribution in [2.45, 2.75) is 20.0 Å². The molecule has 2 amide bonds. The molecule has 2 aromatic rings. The first-order valence-electron chi connectivity index (χ1n) is 10.3. The van der Waals surface area contributed by atoms with Crippen LogP contribution in [0.25, 0.3) is 0 Å². The van der Waals surface area contributed by atoms with E-state index in [1.54, 1.807) is 12.0 Å². The summed E-state index contributed by atoms with van der Waals surface area (Å²) in [5.41, 5.74) is 3.54. The Morgan fingerprint density at radius 2 is 1.63 bits per heavy atom. The summed E-state index contributed by atoms with van der Waals surface area (Å²) in [7, 11) is 1.62. The lowest BCUT2D eigenvalue weighted by Crippen LogP contribution is -2.51. The molecular weight excluding hydrogens is 380 g/mol. The van der Waals surface area contributed by atoms with E-state index < -0.39 is 0 Å². The van der Waals surface area contributed by atoms with Crippen LogP contribution in [0.5, 0.6) is 0 Å². The molecule has 0 N–H and O–H groups in total. The second-order valence-corrected chi connectivity index (χ2v) is 7.72. The summed E-state index contributed by atoms with van der Waals surface area (Å²) in [6.07, 6.45) is -0.237. The van der Waals surface area contributed by atoms with Crippen LogP contribution in [0.1, 0.15) is 31.8 Å². The van der Waals surface area contributed by atoms with E-state index in [1.165, 1.54) is 0 Å². The Morgan fingerprint density at radius 3 is 2.23 bits per heavy atom. The van der Waals surface area contributed by atoms with Gasteiger partial charge in [0.05, 0.1) is 19.3 Å². The van der Waals surface area contributed by atoms with E-state index in [-0.39, 0.29) is 17.9 Å². The SMILES string of the molecule is COCCN(C[C@H]1CN(C(=O)c2ccc(C)cc2)CCO1)C(=O)c1ccc(C)cc1. The summed E-state index contributed by atoms with van der Waals surface area (Å²) >= 11 is 0. The minimum atomic E-state index is -0.237. The molecule has 1 fully saturated rings. The molecule has 0 radical (unpaired) electrons. The van der Waals surface area contributed by atoms with E-state index in [0.29, 0.717) is 50.5 Å². The highest BCUT2D eigenvalue weighted by atomic mass is 16.5. The smallest absolute Gasteiger partial charge is 0.254 e. The van der Waals surface area contributed by atoms with Crippen LogP contribution in [0.3, 0.4) is 0 Å². The van der Waals surface area contributed by atoms with Crippen LogP contribution < -0.4 is 0 Å². The van der Waals surface area contributed by atoms with Gasteiger partial charge < -0.3 is 19.3 Å². The summed E-state index contributed by atoms with van der Waals surface area (Å²) in [4.78, 5) is 29.5. The van der Waals surface area contributed by atoms with Gasteiger partial charge in [0.1, 0.15) is 0 Å². The molecule has 1 aliphatic rings. The molecule has 30 heavy (non-hydrogen) atoms. The third kappa shape index (κ3) is 5.68. The molecule has 1 heterocycles. The molecule has 6 nitrogen and oxygen atoms in total. The van der Waals surface area contributed by atoms with Gasteiger partial charge in [0.25, 0.3) is 11.8 Å². The topological polar surface area (TPSA) is 59.1 Å². The molecule has 160 valence electrons. The Labute approximate surface area is 178 Å². The van der Waals surface area contributed by atoms with Crippen LogP contribution in [0, 0.1) is 13.8 Å². The largest absolute Gasteiger partial charge is 0.383 e. The number of benzene rings is 2. The molecule has 6 heteroatoms. The van der Waals surface area contributed by atoms with Crippen molar-refractivity contribution < 1.29 is 19.1 Å². The maximum absolute atomic E-state index is 13.0. The van der Waals surface area contributed by atoms with Crippen LogP contribution in [0.15, 0.2) is 48.5 Å². The number of rotatable bonds is 7. The average molecular weight is 411 g/mol. The fraction of sp³-hybridized carbons (Fsp3) is 0.417. The van der Waals surface area contributed by atoms with Crippen LogP contribution in [0.4, 0.5) is 0 Å². The highest BCUT2D eigenvalue weighted by Crippen LogP contribution is 2.14. The molecule has 0 saturated carbocycles. The van der Waals surface area contributed by atoms with E-state index in [0.717, 1.165) is 11.1 Å². The Morgan fingerprint density at radius 1 is 1.03 bits per heavy atom. The summed E-state index contributed by atoms with van der Waals surface area (Å²) in [5, 5.41) is 0. The number of morpholine rings is 1. The average Bonchev–Trinajstić information content (AvgIpc) is 2.77. The van der Waals surface area contributed by atoms with Gasteiger partial charge in [-0.3, -0.25) is 9.59 Å². The van der Waals surface area contributed by atoms with Gasteiger partial charge in [-0.1, -0.05) is 35.4 Å². The number of ether oxygens (including phenoxy) is 2. The molecule has 0 spiro atoms. The third-order valence-electron chi connectivity index (χ3n) is 5.30. The Hall–Kier alpha value is -2.70. The number of hydrogen-bond donors (Lipinski definition) is 0. The van der Waals surface area contributed by atoms with Crippen molar-refractivity contribution in [2.75, 3.05) is 46.5 Å². The van der Waals surface area contributed by atoms with Crippen LogP contribution >= 0.6 is 0 Å². The van der Waals surface area contributed by atoms with E-state index >= 15 is 0 Å². The minimum Gasteiger partial charge on any atom is -0.383 e. The van der Waals surface area contributed by atoms with Gasteiger partial charge in [-0.05, 0) is 38.1 Å². The van der Waals surface area contributed by atoms with Crippen LogP contribution in [0.2, 0.25) is 0 Å². The van der Waals surface area contributed by atoms with Gasteiger partial charge in [-0.25, -0.2) is 0 Å². The molecule has 0 aliphatic carbocycles. The van der Waals surface area contributed by atoms with E-state index in [9.17, 15) is 9.59 Å². The predicted molar refractivity (Wildman–Crippen MR) is 116 cm³/mol. The molecule has 3 rings (SSSR count). The minimum absolute atomic E-state index is 0.00315. The quantitative estimate of drug-likeness (QED) is 0.704. The number of hydrogen-bond acceptors (Lipinski definition) is 4. The Bertz CT molecular complexity index is 849. The second kappa shape index (κ2) is 10.4. The molecular formula is C24H30N2O4. The lowest BCUT2D eigenvalue weighted by molar-refractivity contribution is -0.0346. The number of methoxy groups -OCH3 is 1. The van der Waals surface area contributed by atoms with Crippen molar-refractivity contribution in [3.63, 3.8) is 0 Å². The lowest BCUT2D eigenvalue weighted by Gasteiger charge is -2.36. The second-order valence-electron chi connectivity index (χ2n) is 7.72. The zero-order valence-corrected chi connectivity index (χ0v) is 18.0. The molecule has 0 bridgehead atoms. The standard InChI is InChI=1S/C24H30N2O4/c1-18-4-8-20(9-5-18)23(27)25(12-14-29-3)16-22-17-26(13-15-30-22)24(28)21-10-6-19(2)7-11-21/h4-11,22H,12-17H2,1-3H3/t22-/m0/s1. The van der Waals surface area contributed by atoms with Gasteiger partial charge in [0.15, 0.2) is 0 Å². The predicted octanol–water partition coefficient (Wildman–Crippen LogP) is 2.93. The van der Waals surface area contributed by atoms with E-state index in [1.807, 2.05) is 67.3 Å². The van der Waals surface area contributed by atoms with E-state index in [4.69, 9.17) is 9.47 Å². The summed E-state index contributed by atoms with van der Waals surface area (Å²) in [6, 6.07) is 15.1. The van der Waals surface area contributed by atoms with Crippen molar-refractivity contribution in [2.24, 2.45) is 0 Å². The molecule has 1 atom stereocenters. The van der Waals surface area contributed by atoms with Gasteiger partial charge in [-0.15, -0.1) is 0 Å². The Balaban J connectivity index is 1.67. The maximum Gasteiger partial charge on any atom is 0.254 e. The molecule has 1 saturated heterocycles. The van der Waals surface area contributed by atoms with Gasteiger partial charge in [0, 0.05) is 44.4 Å². The number of amides is 2. The highest BCUT2D eigenvalue weighted by molar-refractivity contribution is 5.95. The first-order chi connectivity index (χ1) is 14.5. The number of nitrogens with zero attached hydrogens (tertiary/aromatic N) is 2. The van der Waals surface area contributed by atoms with Crippen molar-refractivity contribution in [3.8, 4) is 0 Å². The fourth-order valence-electron chi connectivity index (χ4n) is 3.49. The molecule has 2 aromatic carbocycles. The summed E-state index contributed by atoms with van der Waals surface area (Å²) in [5.74, 6) is -0.0609. The van der Waals surface area contributed by atoms with E-state index in [2.05, 4.69) is 0 Å². The normalized spacial score (nSPS) is 16.4. The number of carbonyl (C=O) groups is 2. The highest BCUT2D eigenvalue weighted by Gasteiger charge is 2.28. The Kier molecular flexibility index (Phi) is 7.60. The molecule has 0 unspecified atom stereocenters. The zero-order chi connectivity index (χ0) is 21.5. The van der Waals surface area contributed by atoms with Gasteiger partial charge >= 0.3 is 0 Å². The molecule has 0 aromatic heterocycles. The van der Waals surface area contributed by atoms with Crippen molar-refractivity contribution in [1.82, 2.24) is 9.80 Å².